The summed E-state index contributed by atoms with van der Waals surface area (Å²) in [5.74, 6) is 0.915. The first-order chi connectivity index (χ1) is 11.6. The molecule has 0 saturated carbocycles. The van der Waals surface area contributed by atoms with E-state index in [-0.39, 0.29) is 10.0 Å². The van der Waals surface area contributed by atoms with E-state index in [1.54, 1.807) is 29.6 Å². The summed E-state index contributed by atoms with van der Waals surface area (Å²) in [6.07, 6.45) is 0.963. The number of benzene rings is 1. The van der Waals surface area contributed by atoms with Crippen molar-refractivity contribution in [3.8, 4) is 0 Å². The molecule has 0 amide bonds. The van der Waals surface area contributed by atoms with Crippen LogP contribution in [0.4, 0.5) is 17.3 Å². The molecule has 24 heavy (non-hydrogen) atoms. The van der Waals surface area contributed by atoms with Gasteiger partial charge in [-0.3, -0.25) is 4.72 Å². The van der Waals surface area contributed by atoms with Gasteiger partial charge in [0, 0.05) is 12.2 Å². The summed E-state index contributed by atoms with van der Waals surface area (Å²) in [5, 5.41) is 9.91. The van der Waals surface area contributed by atoms with Crippen molar-refractivity contribution in [3.63, 3.8) is 0 Å². The molecule has 122 valence electrons. The molecule has 0 saturated heterocycles. The zero-order chi connectivity index (χ0) is 16.6. The van der Waals surface area contributed by atoms with Crippen LogP contribution in [-0.4, -0.2) is 25.2 Å². The molecule has 3 heterocycles. The van der Waals surface area contributed by atoms with Gasteiger partial charge in [-0.25, -0.2) is 8.42 Å². The fraction of sp³-hybridized carbons (Fsp3) is 0.125. The Morgan fingerprint density at radius 1 is 1.04 bits per heavy atom. The van der Waals surface area contributed by atoms with Gasteiger partial charge >= 0.3 is 0 Å². The average molecular weight is 358 g/mol. The number of thiophene rings is 1. The van der Waals surface area contributed by atoms with Crippen molar-refractivity contribution in [1.29, 1.82) is 0 Å². The quantitative estimate of drug-likeness (QED) is 0.776. The first-order valence-corrected chi connectivity index (χ1v) is 9.75. The Kier molecular flexibility index (Phi) is 3.70. The van der Waals surface area contributed by atoms with Gasteiger partial charge in [-0.1, -0.05) is 24.3 Å². The third kappa shape index (κ3) is 2.74. The lowest BCUT2D eigenvalue weighted by molar-refractivity contribution is 0.603. The molecule has 0 fully saturated rings. The second-order valence-electron chi connectivity index (χ2n) is 5.34. The lowest BCUT2D eigenvalue weighted by atomic mass is 10.2. The van der Waals surface area contributed by atoms with Crippen LogP contribution in [0.25, 0.3) is 0 Å². The zero-order valence-electron chi connectivity index (χ0n) is 12.6. The monoisotopic (exact) mass is 358 g/mol. The molecule has 1 aromatic carbocycles. The molecule has 2 aromatic heterocycles. The normalized spacial score (nSPS) is 13.8. The number of hydrogen-bond donors (Lipinski definition) is 1. The van der Waals surface area contributed by atoms with Crippen LogP contribution in [0.5, 0.6) is 0 Å². The largest absolute Gasteiger partial charge is 0.324 e. The van der Waals surface area contributed by atoms with Crippen LogP contribution in [0, 0.1) is 0 Å². The van der Waals surface area contributed by atoms with Crippen LogP contribution >= 0.6 is 11.3 Å². The van der Waals surface area contributed by atoms with Crippen molar-refractivity contribution < 1.29 is 8.42 Å². The molecule has 0 unspecified atom stereocenters. The number of anilines is 3. The third-order valence-corrected chi connectivity index (χ3v) is 6.57. The summed E-state index contributed by atoms with van der Waals surface area (Å²) in [4.78, 5) is 2.08. The highest BCUT2D eigenvalue weighted by Crippen LogP contribution is 2.33. The summed E-state index contributed by atoms with van der Waals surface area (Å²) >= 11 is 1.16. The maximum atomic E-state index is 12.2. The van der Waals surface area contributed by atoms with Crippen molar-refractivity contribution in [2.24, 2.45) is 0 Å². The minimum atomic E-state index is -3.60. The highest BCUT2D eigenvalue weighted by Gasteiger charge is 2.21. The summed E-state index contributed by atoms with van der Waals surface area (Å²) in [6, 6.07) is 14.8. The number of aromatic nitrogens is 2. The lowest BCUT2D eigenvalue weighted by Gasteiger charge is -2.17. The Morgan fingerprint density at radius 3 is 2.67 bits per heavy atom. The number of para-hydroxylation sites is 1. The van der Waals surface area contributed by atoms with Crippen molar-refractivity contribution in [1.82, 2.24) is 10.2 Å². The summed E-state index contributed by atoms with van der Waals surface area (Å²) in [5.41, 5.74) is 2.40. The van der Waals surface area contributed by atoms with E-state index in [0.29, 0.717) is 5.82 Å². The molecule has 1 aliphatic heterocycles. The van der Waals surface area contributed by atoms with Gasteiger partial charge in [0.1, 0.15) is 4.21 Å². The highest BCUT2D eigenvalue weighted by atomic mass is 32.2. The van der Waals surface area contributed by atoms with Crippen LogP contribution in [0.15, 0.2) is 58.1 Å². The lowest BCUT2D eigenvalue weighted by Crippen LogP contribution is -2.17. The summed E-state index contributed by atoms with van der Waals surface area (Å²) < 4.78 is 27.1. The highest BCUT2D eigenvalue weighted by molar-refractivity contribution is 7.94. The summed E-state index contributed by atoms with van der Waals surface area (Å²) in [7, 11) is -3.60. The van der Waals surface area contributed by atoms with Crippen molar-refractivity contribution in [3.05, 3.63) is 59.5 Å². The maximum absolute atomic E-state index is 12.2. The van der Waals surface area contributed by atoms with Crippen LogP contribution in [-0.2, 0) is 16.4 Å². The Balaban J connectivity index is 1.56. The van der Waals surface area contributed by atoms with Crippen LogP contribution in [0.1, 0.15) is 5.56 Å². The van der Waals surface area contributed by atoms with Gasteiger partial charge in [-0.2, -0.15) is 0 Å². The van der Waals surface area contributed by atoms with Gasteiger partial charge < -0.3 is 4.90 Å². The molecule has 1 aliphatic rings. The smallest absolute Gasteiger partial charge is 0.272 e. The molecular weight excluding hydrogens is 344 g/mol. The second kappa shape index (κ2) is 5.88. The number of hydrogen-bond acceptors (Lipinski definition) is 6. The molecule has 0 aliphatic carbocycles. The minimum absolute atomic E-state index is 0.208. The van der Waals surface area contributed by atoms with Crippen molar-refractivity contribution in [2.75, 3.05) is 16.2 Å². The first-order valence-electron chi connectivity index (χ1n) is 7.39. The van der Waals surface area contributed by atoms with Gasteiger partial charge in [-0.05, 0) is 41.6 Å². The van der Waals surface area contributed by atoms with E-state index >= 15 is 0 Å². The second-order valence-corrected chi connectivity index (χ2v) is 8.20. The van der Waals surface area contributed by atoms with Crippen molar-refractivity contribution >= 4 is 38.7 Å². The minimum Gasteiger partial charge on any atom is -0.324 e. The predicted molar refractivity (Wildman–Crippen MR) is 94.3 cm³/mol. The van der Waals surface area contributed by atoms with Gasteiger partial charge in [0.05, 0.1) is 0 Å². The zero-order valence-corrected chi connectivity index (χ0v) is 14.2. The van der Waals surface area contributed by atoms with E-state index in [4.69, 9.17) is 0 Å². The van der Waals surface area contributed by atoms with E-state index in [9.17, 15) is 8.42 Å². The fourth-order valence-electron chi connectivity index (χ4n) is 2.70. The van der Waals surface area contributed by atoms with E-state index in [0.717, 1.165) is 30.0 Å². The van der Waals surface area contributed by atoms with Crippen LogP contribution < -0.4 is 9.62 Å². The molecule has 8 heteroatoms. The van der Waals surface area contributed by atoms with E-state index < -0.39 is 10.0 Å². The number of sulfonamides is 1. The number of nitrogens with one attached hydrogen (secondary N) is 1. The Bertz CT molecular complexity index is 954. The Labute approximate surface area is 143 Å². The molecule has 6 nitrogen and oxygen atoms in total. The molecule has 0 radical (unpaired) electrons. The molecule has 0 bridgehead atoms. The molecule has 3 aromatic rings. The molecular formula is C16H14N4O2S2. The van der Waals surface area contributed by atoms with E-state index in [1.807, 2.05) is 12.1 Å². The molecule has 0 atom stereocenters. The third-order valence-electron chi connectivity index (χ3n) is 3.81. The number of rotatable bonds is 4. The summed E-state index contributed by atoms with van der Waals surface area (Å²) in [6.45, 7) is 0.842. The van der Waals surface area contributed by atoms with Gasteiger partial charge in [0.25, 0.3) is 10.0 Å². The van der Waals surface area contributed by atoms with Crippen LogP contribution in [0.3, 0.4) is 0 Å². The fourth-order valence-corrected chi connectivity index (χ4v) is 4.69. The number of nitrogens with zero attached hydrogens (tertiary/aromatic N) is 3. The molecule has 0 spiro atoms. The number of fused-ring (bicyclic) bond motifs is 1. The first kappa shape index (κ1) is 15.1. The van der Waals surface area contributed by atoms with Gasteiger partial charge in [0.15, 0.2) is 11.6 Å². The Morgan fingerprint density at radius 2 is 1.92 bits per heavy atom. The molecule has 4 rings (SSSR count). The predicted octanol–water partition coefficient (Wildman–Crippen LogP) is 3.03. The maximum Gasteiger partial charge on any atom is 0.272 e. The van der Waals surface area contributed by atoms with E-state index in [1.165, 1.54) is 5.56 Å². The van der Waals surface area contributed by atoms with Gasteiger partial charge in [-0.15, -0.1) is 21.5 Å². The van der Waals surface area contributed by atoms with E-state index in [2.05, 4.69) is 32.0 Å². The van der Waals surface area contributed by atoms with Gasteiger partial charge in [0.2, 0.25) is 0 Å². The van der Waals surface area contributed by atoms with Crippen LogP contribution in [0.2, 0.25) is 0 Å². The standard InChI is InChI=1S/C16H14N4O2S2/c21-24(22,16-6-3-11-23-16)19-14-7-8-15(18-17-14)20-10-9-12-4-1-2-5-13(12)20/h1-8,11H,9-10H2,(H,17,19). The topological polar surface area (TPSA) is 75.2 Å². The van der Waals surface area contributed by atoms with Crippen molar-refractivity contribution in [2.45, 2.75) is 10.6 Å². The average Bonchev–Trinajstić information content (AvgIpc) is 3.26. The SMILES string of the molecule is O=S(=O)(Nc1ccc(N2CCc3ccccc32)nn1)c1cccs1. The molecule has 1 N–H and O–H groups in total. The Hall–Kier alpha value is -2.45.